The van der Waals surface area contributed by atoms with Gasteiger partial charge in [-0.1, -0.05) is 43.1 Å². The second-order valence-electron chi connectivity index (χ2n) is 4.64. The van der Waals surface area contributed by atoms with E-state index in [-0.39, 0.29) is 10.6 Å². The van der Waals surface area contributed by atoms with Gasteiger partial charge in [0.15, 0.2) is 5.82 Å². The van der Waals surface area contributed by atoms with Crippen molar-refractivity contribution in [2.45, 2.75) is 19.8 Å². The van der Waals surface area contributed by atoms with E-state index in [1.54, 1.807) is 0 Å². The number of unbranched alkanes of at least 4 members (excludes halogenated alkanes) is 1. The topological polar surface area (TPSA) is 53.4 Å². The molecule has 1 aromatic heterocycles. The summed E-state index contributed by atoms with van der Waals surface area (Å²) in [5.41, 5.74) is 1.02. The Bertz CT molecular complexity index is 617. The average molecular weight is 305 g/mol. The highest BCUT2D eigenvalue weighted by Crippen LogP contribution is 2.32. The molecule has 1 aromatic carbocycles. The maximum absolute atomic E-state index is 11.2. The Balaban J connectivity index is 2.47. The van der Waals surface area contributed by atoms with Gasteiger partial charge in [0.1, 0.15) is 0 Å². The summed E-state index contributed by atoms with van der Waals surface area (Å²) in [4.78, 5) is 17.5. The van der Waals surface area contributed by atoms with Gasteiger partial charge in [0, 0.05) is 18.4 Å². The molecule has 1 N–H and O–H groups in total. The lowest BCUT2D eigenvalue weighted by atomic mass is 10.2. The molecular weight excluding hydrogens is 288 g/mol. The van der Waals surface area contributed by atoms with Crippen LogP contribution in [-0.2, 0) is 0 Å². The van der Waals surface area contributed by atoms with Crippen molar-refractivity contribution in [2.75, 3.05) is 11.4 Å². The number of carboxylic acid groups (broad SMARTS) is 1. The van der Waals surface area contributed by atoms with Crippen LogP contribution in [0, 0.1) is 0 Å². The number of benzene rings is 1. The normalized spacial score (nSPS) is 10.4. The van der Waals surface area contributed by atoms with E-state index in [1.165, 1.54) is 12.3 Å². The molecule has 1 heterocycles. The van der Waals surface area contributed by atoms with Gasteiger partial charge < -0.3 is 10.0 Å². The molecule has 0 saturated heterocycles. The van der Waals surface area contributed by atoms with Gasteiger partial charge in [-0.2, -0.15) is 0 Å². The van der Waals surface area contributed by atoms with Crippen LogP contribution in [0.2, 0.25) is 5.02 Å². The van der Waals surface area contributed by atoms with Crippen LogP contribution in [0.1, 0.15) is 30.1 Å². The maximum atomic E-state index is 11.2. The van der Waals surface area contributed by atoms with Crippen LogP contribution in [0.15, 0.2) is 42.6 Å². The summed E-state index contributed by atoms with van der Waals surface area (Å²) in [6.07, 6.45) is 3.47. The molecule has 21 heavy (non-hydrogen) atoms. The summed E-state index contributed by atoms with van der Waals surface area (Å²) in [6, 6.07) is 11.1. The van der Waals surface area contributed by atoms with E-state index in [4.69, 9.17) is 11.6 Å². The van der Waals surface area contributed by atoms with Crippen LogP contribution in [0.4, 0.5) is 11.5 Å². The summed E-state index contributed by atoms with van der Waals surface area (Å²) in [6.45, 7) is 2.84. The molecule has 5 heteroatoms. The monoisotopic (exact) mass is 304 g/mol. The van der Waals surface area contributed by atoms with Crippen molar-refractivity contribution in [3.05, 3.63) is 53.2 Å². The Hall–Kier alpha value is -2.07. The van der Waals surface area contributed by atoms with Crippen molar-refractivity contribution in [1.82, 2.24) is 4.98 Å². The number of aromatic carboxylic acids is 1. The number of rotatable bonds is 6. The van der Waals surface area contributed by atoms with E-state index in [1.807, 2.05) is 35.2 Å². The van der Waals surface area contributed by atoms with Gasteiger partial charge in [-0.25, -0.2) is 9.78 Å². The molecule has 2 rings (SSSR count). The molecule has 110 valence electrons. The number of hydrogen-bond donors (Lipinski definition) is 1. The van der Waals surface area contributed by atoms with E-state index in [0.717, 1.165) is 25.1 Å². The van der Waals surface area contributed by atoms with Crippen LogP contribution in [0.25, 0.3) is 0 Å². The third kappa shape index (κ3) is 3.52. The third-order valence-electron chi connectivity index (χ3n) is 3.16. The number of nitrogens with zero attached hydrogens (tertiary/aromatic N) is 2. The minimum atomic E-state index is -1.05. The van der Waals surface area contributed by atoms with Crippen LogP contribution in [-0.4, -0.2) is 22.6 Å². The zero-order valence-electron chi connectivity index (χ0n) is 11.8. The van der Waals surface area contributed by atoms with E-state index >= 15 is 0 Å². The molecule has 2 aromatic rings. The fourth-order valence-electron chi connectivity index (χ4n) is 2.07. The van der Waals surface area contributed by atoms with E-state index in [0.29, 0.717) is 5.82 Å². The van der Waals surface area contributed by atoms with Gasteiger partial charge in [-0.3, -0.25) is 0 Å². The molecule has 0 atom stereocenters. The highest BCUT2D eigenvalue weighted by Gasteiger charge is 2.19. The molecule has 0 fully saturated rings. The fourth-order valence-corrected chi connectivity index (χ4v) is 2.36. The summed E-state index contributed by atoms with van der Waals surface area (Å²) in [5, 5.41) is 9.36. The number of carboxylic acids is 1. The molecule has 0 spiro atoms. The first-order chi connectivity index (χ1) is 10.1. The zero-order valence-corrected chi connectivity index (χ0v) is 12.5. The molecule has 0 aliphatic heterocycles. The van der Waals surface area contributed by atoms with E-state index in [2.05, 4.69) is 11.9 Å². The molecule has 0 aliphatic carbocycles. The second kappa shape index (κ2) is 7.09. The summed E-state index contributed by atoms with van der Waals surface area (Å²) in [7, 11) is 0. The smallest absolute Gasteiger partial charge is 0.337 e. The first kappa shape index (κ1) is 15.3. The van der Waals surface area contributed by atoms with Gasteiger partial charge in [0.2, 0.25) is 0 Å². The van der Waals surface area contributed by atoms with Crippen molar-refractivity contribution in [3.8, 4) is 0 Å². The van der Waals surface area contributed by atoms with Crippen LogP contribution >= 0.6 is 11.6 Å². The minimum Gasteiger partial charge on any atom is -0.478 e. The highest BCUT2D eigenvalue weighted by atomic mass is 35.5. The minimum absolute atomic E-state index is 0.0686. The van der Waals surface area contributed by atoms with Gasteiger partial charge in [0.05, 0.1) is 10.6 Å². The van der Waals surface area contributed by atoms with E-state index < -0.39 is 5.97 Å². The van der Waals surface area contributed by atoms with E-state index in [9.17, 15) is 9.90 Å². The van der Waals surface area contributed by atoms with Gasteiger partial charge in [-0.05, 0) is 24.6 Å². The molecule has 0 saturated carbocycles. The van der Waals surface area contributed by atoms with Gasteiger partial charge in [-0.15, -0.1) is 0 Å². The van der Waals surface area contributed by atoms with Crippen molar-refractivity contribution in [1.29, 1.82) is 0 Å². The lowest BCUT2D eigenvalue weighted by Gasteiger charge is -2.25. The molecule has 0 radical (unpaired) electrons. The standard InChI is InChI=1S/C16H17ClN2O2/c1-2-3-11-19(12-7-5-4-6-8-12)15-14(17)13(16(20)21)9-10-18-15/h4-10H,2-3,11H2,1H3,(H,20,21). The number of aromatic nitrogens is 1. The Labute approximate surface area is 129 Å². The predicted octanol–water partition coefficient (Wildman–Crippen LogP) is 4.37. The number of para-hydroxylation sites is 1. The SMILES string of the molecule is CCCCN(c1ccccc1)c1nccc(C(=O)O)c1Cl. The van der Waals surface area contributed by atoms with Crippen LogP contribution in [0.5, 0.6) is 0 Å². The second-order valence-corrected chi connectivity index (χ2v) is 5.02. The lowest BCUT2D eigenvalue weighted by Crippen LogP contribution is -2.20. The number of carbonyl (C=O) groups is 1. The first-order valence-electron chi connectivity index (χ1n) is 6.85. The molecule has 4 nitrogen and oxygen atoms in total. The maximum Gasteiger partial charge on any atom is 0.337 e. The van der Waals surface area contributed by atoms with Gasteiger partial charge in [0.25, 0.3) is 0 Å². The quantitative estimate of drug-likeness (QED) is 0.861. The van der Waals surface area contributed by atoms with Crippen molar-refractivity contribution >= 4 is 29.1 Å². The third-order valence-corrected chi connectivity index (χ3v) is 3.53. The largest absolute Gasteiger partial charge is 0.478 e. The number of halogens is 1. The summed E-state index contributed by atoms with van der Waals surface area (Å²) < 4.78 is 0. The van der Waals surface area contributed by atoms with Crippen LogP contribution < -0.4 is 4.90 Å². The molecule has 0 unspecified atom stereocenters. The van der Waals surface area contributed by atoms with Gasteiger partial charge >= 0.3 is 5.97 Å². The highest BCUT2D eigenvalue weighted by molar-refractivity contribution is 6.36. The average Bonchev–Trinajstić information content (AvgIpc) is 2.50. The molecule has 0 bridgehead atoms. The van der Waals surface area contributed by atoms with Crippen molar-refractivity contribution in [3.63, 3.8) is 0 Å². The molecular formula is C16H17ClN2O2. The summed E-state index contributed by atoms with van der Waals surface area (Å²) in [5.74, 6) is -0.566. The zero-order chi connectivity index (χ0) is 15.2. The summed E-state index contributed by atoms with van der Waals surface area (Å²) >= 11 is 6.24. The Morgan fingerprint density at radius 3 is 2.62 bits per heavy atom. The van der Waals surface area contributed by atoms with Crippen LogP contribution in [0.3, 0.4) is 0 Å². The Kier molecular flexibility index (Phi) is 5.17. The predicted molar refractivity (Wildman–Crippen MR) is 84.6 cm³/mol. The molecule has 0 aliphatic rings. The number of hydrogen-bond acceptors (Lipinski definition) is 3. The number of anilines is 2. The number of pyridine rings is 1. The lowest BCUT2D eigenvalue weighted by molar-refractivity contribution is 0.0697. The van der Waals surface area contributed by atoms with Crippen molar-refractivity contribution < 1.29 is 9.90 Å². The Morgan fingerprint density at radius 2 is 2.00 bits per heavy atom. The van der Waals surface area contributed by atoms with Crippen molar-refractivity contribution in [2.24, 2.45) is 0 Å². The first-order valence-corrected chi connectivity index (χ1v) is 7.23. The fraction of sp³-hybridized carbons (Fsp3) is 0.250. The Morgan fingerprint density at radius 1 is 1.29 bits per heavy atom. The molecule has 0 amide bonds.